The molecule has 0 aliphatic carbocycles. The number of aromatic nitrogens is 2. The summed E-state index contributed by atoms with van der Waals surface area (Å²) in [6, 6.07) is 14.4. The minimum atomic E-state index is -0.415. The van der Waals surface area contributed by atoms with E-state index in [2.05, 4.69) is 15.3 Å². The zero-order valence-electron chi connectivity index (χ0n) is 14.6. The number of benzene rings is 2. The molecular formula is C21H18FN3O2. The lowest BCUT2D eigenvalue weighted by molar-refractivity contribution is 0.403. The third-order valence-electron chi connectivity index (χ3n) is 4.50. The molecule has 4 aromatic rings. The Balaban J connectivity index is 1.86. The Morgan fingerprint density at radius 2 is 1.89 bits per heavy atom. The number of nitrogens with one attached hydrogen (secondary N) is 2. The molecule has 0 amide bonds. The molecule has 0 saturated carbocycles. The van der Waals surface area contributed by atoms with Crippen LogP contribution in [0.4, 0.5) is 10.2 Å². The fraction of sp³-hybridized carbons (Fsp3) is 0.0952. The fourth-order valence-electron chi connectivity index (χ4n) is 3.19. The molecule has 2 aromatic carbocycles. The molecule has 0 fully saturated rings. The first kappa shape index (κ1) is 16.9. The average Bonchev–Trinajstić information content (AvgIpc) is 3.05. The van der Waals surface area contributed by atoms with Crippen molar-refractivity contribution in [1.29, 1.82) is 0 Å². The van der Waals surface area contributed by atoms with Gasteiger partial charge in [-0.15, -0.1) is 0 Å². The number of rotatable bonds is 4. The number of aryl methyl sites for hydroxylation is 1. The van der Waals surface area contributed by atoms with Crippen LogP contribution in [0, 0.1) is 12.7 Å². The summed E-state index contributed by atoms with van der Waals surface area (Å²) in [7, 11) is 0. The van der Waals surface area contributed by atoms with Gasteiger partial charge in [0.2, 0.25) is 0 Å². The van der Waals surface area contributed by atoms with E-state index >= 15 is 0 Å². The maximum Gasteiger partial charge on any atom is 0.157 e. The van der Waals surface area contributed by atoms with Crippen molar-refractivity contribution < 1.29 is 14.6 Å². The number of aromatic hydroxyl groups is 2. The topological polar surface area (TPSA) is 81.2 Å². The molecule has 5 nitrogen and oxygen atoms in total. The predicted octanol–water partition coefficient (Wildman–Crippen LogP) is 4.62. The number of aromatic amines is 1. The van der Waals surface area contributed by atoms with Crippen LogP contribution in [0.2, 0.25) is 0 Å². The van der Waals surface area contributed by atoms with Gasteiger partial charge < -0.3 is 20.5 Å². The van der Waals surface area contributed by atoms with Gasteiger partial charge in [-0.2, -0.15) is 0 Å². The lowest BCUT2D eigenvalue weighted by atomic mass is 9.97. The van der Waals surface area contributed by atoms with Crippen LogP contribution in [0.15, 0.2) is 60.8 Å². The van der Waals surface area contributed by atoms with Gasteiger partial charge in [0.05, 0.1) is 6.04 Å². The third kappa shape index (κ3) is 3.29. The Labute approximate surface area is 155 Å². The molecule has 4 N–H and O–H groups in total. The van der Waals surface area contributed by atoms with E-state index in [1.807, 2.05) is 31.3 Å². The first-order valence-corrected chi connectivity index (χ1v) is 8.50. The summed E-state index contributed by atoms with van der Waals surface area (Å²) < 4.78 is 13.8. The van der Waals surface area contributed by atoms with Gasteiger partial charge >= 0.3 is 0 Å². The molecule has 1 atom stereocenters. The lowest BCUT2D eigenvalue weighted by Crippen LogP contribution is -2.13. The highest BCUT2D eigenvalue weighted by atomic mass is 19.1. The zero-order chi connectivity index (χ0) is 19.0. The number of hydrogen-bond donors (Lipinski definition) is 4. The molecule has 2 heterocycles. The van der Waals surface area contributed by atoms with Gasteiger partial charge in [0.1, 0.15) is 11.6 Å². The highest BCUT2D eigenvalue weighted by molar-refractivity contribution is 5.84. The number of nitrogens with zero attached hydrogens (tertiary/aromatic N) is 1. The molecule has 0 aliphatic heterocycles. The molecule has 27 heavy (non-hydrogen) atoms. The van der Waals surface area contributed by atoms with Crippen molar-refractivity contribution in [2.24, 2.45) is 0 Å². The van der Waals surface area contributed by atoms with E-state index in [0.717, 1.165) is 22.2 Å². The quantitative estimate of drug-likeness (QED) is 0.399. The van der Waals surface area contributed by atoms with Crippen LogP contribution in [-0.2, 0) is 0 Å². The van der Waals surface area contributed by atoms with E-state index in [9.17, 15) is 14.6 Å². The van der Waals surface area contributed by atoms with Crippen LogP contribution < -0.4 is 5.32 Å². The van der Waals surface area contributed by atoms with E-state index in [4.69, 9.17) is 0 Å². The fourth-order valence-corrected chi connectivity index (χ4v) is 3.19. The van der Waals surface area contributed by atoms with Crippen molar-refractivity contribution in [3.63, 3.8) is 0 Å². The summed E-state index contributed by atoms with van der Waals surface area (Å²) >= 11 is 0. The van der Waals surface area contributed by atoms with Gasteiger partial charge in [-0.05, 0) is 55.0 Å². The minimum absolute atomic E-state index is 0.198. The molecule has 2 aromatic heterocycles. The highest BCUT2D eigenvalue weighted by Gasteiger charge is 2.20. The monoisotopic (exact) mass is 363 g/mol. The molecule has 0 radical (unpaired) electrons. The number of anilines is 1. The Bertz CT molecular complexity index is 1120. The van der Waals surface area contributed by atoms with Gasteiger partial charge in [-0.25, -0.2) is 9.37 Å². The second kappa shape index (κ2) is 6.64. The minimum Gasteiger partial charge on any atom is -0.504 e. The van der Waals surface area contributed by atoms with Crippen molar-refractivity contribution >= 4 is 16.7 Å². The van der Waals surface area contributed by atoms with Crippen LogP contribution in [0.25, 0.3) is 10.9 Å². The number of halogens is 1. The molecule has 4 rings (SSSR count). The van der Waals surface area contributed by atoms with Crippen molar-refractivity contribution in [2.75, 3.05) is 5.32 Å². The summed E-state index contributed by atoms with van der Waals surface area (Å²) in [5.41, 5.74) is 3.17. The normalized spacial score (nSPS) is 12.2. The van der Waals surface area contributed by atoms with Crippen molar-refractivity contribution in [3.05, 3.63) is 83.4 Å². The molecule has 0 saturated heterocycles. The number of phenols is 2. The van der Waals surface area contributed by atoms with Crippen molar-refractivity contribution in [1.82, 2.24) is 9.97 Å². The van der Waals surface area contributed by atoms with Gasteiger partial charge in [-0.3, -0.25) is 0 Å². The van der Waals surface area contributed by atoms with Gasteiger partial charge in [0, 0.05) is 28.4 Å². The average molecular weight is 363 g/mol. The summed E-state index contributed by atoms with van der Waals surface area (Å²) in [5, 5.41) is 23.7. The highest BCUT2D eigenvalue weighted by Crippen LogP contribution is 2.35. The van der Waals surface area contributed by atoms with Crippen molar-refractivity contribution in [3.8, 4) is 11.5 Å². The molecule has 0 bridgehead atoms. The molecule has 0 aliphatic rings. The third-order valence-corrected chi connectivity index (χ3v) is 4.50. The van der Waals surface area contributed by atoms with Gasteiger partial charge in [0.25, 0.3) is 0 Å². The molecule has 0 spiro atoms. The summed E-state index contributed by atoms with van der Waals surface area (Å²) in [6.07, 6.45) is 1.81. The molecule has 136 valence electrons. The van der Waals surface area contributed by atoms with E-state index in [-0.39, 0.29) is 17.3 Å². The first-order chi connectivity index (χ1) is 13.0. The number of hydrogen-bond acceptors (Lipinski definition) is 4. The molecule has 6 heteroatoms. The van der Waals surface area contributed by atoms with Crippen LogP contribution in [0.3, 0.4) is 0 Å². The van der Waals surface area contributed by atoms with E-state index in [1.54, 1.807) is 12.1 Å². The molecular weight excluding hydrogens is 345 g/mol. The van der Waals surface area contributed by atoms with Gasteiger partial charge in [0.15, 0.2) is 11.5 Å². The summed E-state index contributed by atoms with van der Waals surface area (Å²) in [4.78, 5) is 7.63. The van der Waals surface area contributed by atoms with E-state index in [0.29, 0.717) is 11.4 Å². The maximum atomic E-state index is 13.8. The van der Waals surface area contributed by atoms with Crippen LogP contribution in [-0.4, -0.2) is 20.2 Å². The lowest BCUT2D eigenvalue weighted by Gasteiger charge is -2.20. The Hall–Kier alpha value is -3.54. The predicted molar refractivity (Wildman–Crippen MR) is 102 cm³/mol. The number of fused-ring (bicyclic) bond motifs is 1. The molecule has 1 unspecified atom stereocenters. The summed E-state index contributed by atoms with van der Waals surface area (Å²) in [6.45, 7) is 1.90. The number of H-pyrrole nitrogens is 1. The number of phenolic OH excluding ortho intramolecular Hbond substituents is 2. The smallest absolute Gasteiger partial charge is 0.157 e. The van der Waals surface area contributed by atoms with Crippen molar-refractivity contribution in [2.45, 2.75) is 13.0 Å². The maximum absolute atomic E-state index is 13.8. The SMILES string of the molecule is Cc1cccc(NC(c2ccc(O)c(O)c2)c2c[nH]c3ccc(F)cc23)n1. The largest absolute Gasteiger partial charge is 0.504 e. The first-order valence-electron chi connectivity index (χ1n) is 8.50. The second-order valence-electron chi connectivity index (χ2n) is 6.42. The second-order valence-corrected chi connectivity index (χ2v) is 6.42. The Morgan fingerprint density at radius 3 is 2.67 bits per heavy atom. The number of pyridine rings is 1. The zero-order valence-corrected chi connectivity index (χ0v) is 14.6. The van der Waals surface area contributed by atoms with E-state index in [1.165, 1.54) is 24.3 Å². The Morgan fingerprint density at radius 1 is 1.04 bits per heavy atom. The van der Waals surface area contributed by atoms with Gasteiger partial charge in [-0.1, -0.05) is 12.1 Å². The van der Waals surface area contributed by atoms with Crippen LogP contribution >= 0.6 is 0 Å². The standard InChI is InChI=1S/C21H18FN3O2/c1-12-3-2-4-20(24-12)25-21(13-5-8-18(26)19(27)9-13)16-11-23-17-7-6-14(22)10-15(16)17/h2-11,21,23,26-27H,1H3,(H,24,25). The van der Waals surface area contributed by atoms with Crippen LogP contribution in [0.1, 0.15) is 22.9 Å². The Kier molecular flexibility index (Phi) is 4.16. The summed E-state index contributed by atoms with van der Waals surface area (Å²) in [5.74, 6) is -0.0960. The van der Waals surface area contributed by atoms with E-state index < -0.39 is 6.04 Å². The van der Waals surface area contributed by atoms with Crippen LogP contribution in [0.5, 0.6) is 11.5 Å².